The molecule has 2 unspecified atom stereocenters. The summed E-state index contributed by atoms with van der Waals surface area (Å²) < 4.78 is 13.0. The number of aromatic nitrogens is 2. The number of nitrogens with zero attached hydrogens (tertiary/aromatic N) is 2. The molecule has 0 spiro atoms. The van der Waals surface area contributed by atoms with Crippen LogP contribution in [0.15, 0.2) is 12.3 Å². The highest BCUT2D eigenvalue weighted by Crippen LogP contribution is 2.14. The molecular formula is C14H25N3O2. The van der Waals surface area contributed by atoms with Crippen molar-refractivity contribution in [2.75, 3.05) is 20.3 Å². The van der Waals surface area contributed by atoms with Crippen molar-refractivity contribution >= 4 is 0 Å². The van der Waals surface area contributed by atoms with Gasteiger partial charge in [-0.1, -0.05) is 6.92 Å². The van der Waals surface area contributed by atoms with Gasteiger partial charge >= 0.3 is 0 Å². The Balaban J connectivity index is 1.88. The van der Waals surface area contributed by atoms with Crippen LogP contribution < -0.4 is 5.32 Å². The van der Waals surface area contributed by atoms with Crippen molar-refractivity contribution in [1.29, 1.82) is 0 Å². The fourth-order valence-corrected chi connectivity index (χ4v) is 2.25. The molecule has 0 radical (unpaired) electrons. The summed E-state index contributed by atoms with van der Waals surface area (Å²) in [4.78, 5) is 0. The quantitative estimate of drug-likeness (QED) is 0.817. The Morgan fingerprint density at radius 3 is 2.84 bits per heavy atom. The van der Waals surface area contributed by atoms with Gasteiger partial charge in [-0.05, 0) is 26.5 Å². The monoisotopic (exact) mass is 267 g/mol. The van der Waals surface area contributed by atoms with Gasteiger partial charge in [-0.3, -0.25) is 4.68 Å². The van der Waals surface area contributed by atoms with Gasteiger partial charge in [0.25, 0.3) is 0 Å². The lowest BCUT2D eigenvalue weighted by molar-refractivity contribution is -0.0523. The highest BCUT2D eigenvalue weighted by atomic mass is 16.7. The van der Waals surface area contributed by atoms with E-state index in [-0.39, 0.29) is 6.29 Å². The van der Waals surface area contributed by atoms with Crippen LogP contribution >= 0.6 is 0 Å². The predicted octanol–water partition coefficient (Wildman–Crippen LogP) is 1.75. The molecule has 1 aromatic heterocycles. The largest absolute Gasteiger partial charge is 0.350 e. The first-order valence-corrected chi connectivity index (χ1v) is 7.17. The molecule has 5 heteroatoms. The molecule has 1 saturated heterocycles. The molecule has 1 aliphatic heterocycles. The second-order valence-corrected chi connectivity index (χ2v) is 5.14. The van der Waals surface area contributed by atoms with E-state index in [1.165, 1.54) is 0 Å². The zero-order valence-electron chi connectivity index (χ0n) is 12.1. The lowest BCUT2D eigenvalue weighted by Gasteiger charge is -2.18. The van der Waals surface area contributed by atoms with Gasteiger partial charge in [0.15, 0.2) is 6.29 Å². The molecule has 2 heterocycles. The van der Waals surface area contributed by atoms with Gasteiger partial charge in [0.05, 0.1) is 18.9 Å². The van der Waals surface area contributed by atoms with Crippen LogP contribution in [0, 0.1) is 0 Å². The van der Waals surface area contributed by atoms with Gasteiger partial charge in [0.1, 0.15) is 0 Å². The second-order valence-electron chi connectivity index (χ2n) is 5.14. The summed E-state index contributed by atoms with van der Waals surface area (Å²) >= 11 is 0. The normalized spacial score (nSPS) is 19.7. The van der Waals surface area contributed by atoms with Gasteiger partial charge in [-0.25, -0.2) is 0 Å². The Hall–Kier alpha value is -0.910. The summed E-state index contributed by atoms with van der Waals surface area (Å²) in [5, 5.41) is 7.96. The van der Waals surface area contributed by atoms with Crippen LogP contribution in [0.1, 0.15) is 38.4 Å². The summed E-state index contributed by atoms with van der Waals surface area (Å²) in [5.74, 6) is 0. The van der Waals surface area contributed by atoms with Gasteiger partial charge in [0.2, 0.25) is 0 Å². The molecule has 2 atom stereocenters. The van der Waals surface area contributed by atoms with Gasteiger partial charge in [-0.2, -0.15) is 5.10 Å². The molecule has 1 N–H and O–H groups in total. The number of rotatable bonds is 7. The zero-order chi connectivity index (χ0) is 13.7. The smallest absolute Gasteiger partial charge is 0.159 e. The van der Waals surface area contributed by atoms with E-state index in [1.807, 2.05) is 11.7 Å². The maximum atomic E-state index is 5.50. The topological polar surface area (TPSA) is 48.3 Å². The average molecular weight is 267 g/mol. The predicted molar refractivity (Wildman–Crippen MR) is 74.1 cm³/mol. The molecule has 0 bridgehead atoms. The molecule has 2 rings (SSSR count). The van der Waals surface area contributed by atoms with E-state index in [4.69, 9.17) is 9.47 Å². The lowest BCUT2D eigenvalue weighted by Crippen LogP contribution is -2.32. The summed E-state index contributed by atoms with van der Waals surface area (Å²) in [6.45, 7) is 5.79. The zero-order valence-corrected chi connectivity index (χ0v) is 12.1. The summed E-state index contributed by atoms with van der Waals surface area (Å²) in [5.41, 5.74) is 1.12. The molecule has 0 amide bonds. The Morgan fingerprint density at radius 2 is 2.21 bits per heavy atom. The van der Waals surface area contributed by atoms with Gasteiger partial charge < -0.3 is 14.8 Å². The van der Waals surface area contributed by atoms with E-state index >= 15 is 0 Å². The molecule has 0 saturated carbocycles. The molecule has 1 aromatic rings. The molecule has 19 heavy (non-hydrogen) atoms. The molecular weight excluding hydrogens is 242 g/mol. The first-order chi connectivity index (χ1) is 9.22. The number of nitrogens with one attached hydrogen (secondary N) is 1. The minimum absolute atomic E-state index is 0.0610. The molecule has 1 aliphatic rings. The molecule has 1 fully saturated rings. The van der Waals surface area contributed by atoms with E-state index in [1.54, 1.807) is 0 Å². The van der Waals surface area contributed by atoms with Crippen LogP contribution in [0.3, 0.4) is 0 Å². The van der Waals surface area contributed by atoms with Crippen molar-refractivity contribution in [3.05, 3.63) is 18.0 Å². The van der Waals surface area contributed by atoms with Crippen molar-refractivity contribution in [3.8, 4) is 0 Å². The number of hydrogen-bond acceptors (Lipinski definition) is 4. The minimum atomic E-state index is -0.0610. The van der Waals surface area contributed by atoms with Crippen molar-refractivity contribution < 1.29 is 9.47 Å². The third-order valence-electron chi connectivity index (χ3n) is 3.74. The first kappa shape index (κ1) is 14.5. The van der Waals surface area contributed by atoms with E-state index in [9.17, 15) is 0 Å². The molecule has 108 valence electrons. The second kappa shape index (κ2) is 7.03. The van der Waals surface area contributed by atoms with Gasteiger partial charge in [0, 0.05) is 31.1 Å². The number of hydrogen-bond donors (Lipinski definition) is 1. The average Bonchev–Trinajstić information content (AvgIpc) is 3.08. The van der Waals surface area contributed by atoms with Crippen LogP contribution in [0.4, 0.5) is 0 Å². The maximum absolute atomic E-state index is 5.50. The molecule has 0 aromatic carbocycles. The highest BCUT2D eigenvalue weighted by Gasteiger charge is 2.21. The third kappa shape index (κ3) is 4.03. The fraction of sp³-hybridized carbons (Fsp3) is 0.786. The SMILES string of the molecule is CCC(C)n1ccc(CC(CC2OCCO2)NC)n1. The van der Waals surface area contributed by atoms with Crippen molar-refractivity contribution in [2.45, 2.75) is 51.5 Å². The summed E-state index contributed by atoms with van der Waals surface area (Å²) in [7, 11) is 1.98. The Kier molecular flexibility index (Phi) is 5.36. The number of likely N-dealkylation sites (N-methyl/N-ethyl adjacent to an activating group) is 1. The Bertz CT molecular complexity index is 375. The third-order valence-corrected chi connectivity index (χ3v) is 3.74. The van der Waals surface area contributed by atoms with Crippen LogP contribution in [-0.2, 0) is 15.9 Å². The molecule has 5 nitrogen and oxygen atoms in total. The lowest BCUT2D eigenvalue weighted by atomic mass is 10.1. The van der Waals surface area contributed by atoms with E-state index in [2.05, 4.69) is 36.5 Å². The number of ether oxygens (including phenoxy) is 2. The highest BCUT2D eigenvalue weighted by molar-refractivity contribution is 5.02. The van der Waals surface area contributed by atoms with Crippen LogP contribution in [0.2, 0.25) is 0 Å². The first-order valence-electron chi connectivity index (χ1n) is 7.17. The van der Waals surface area contributed by atoms with E-state index in [0.717, 1.165) is 25.0 Å². The van der Waals surface area contributed by atoms with Crippen LogP contribution in [-0.4, -0.2) is 42.4 Å². The van der Waals surface area contributed by atoms with Crippen molar-refractivity contribution in [1.82, 2.24) is 15.1 Å². The standard InChI is InChI=1S/C14H25N3O2/c1-4-11(2)17-6-5-12(16-17)9-13(15-3)10-14-18-7-8-19-14/h5-6,11,13-15H,4,7-10H2,1-3H3. The minimum Gasteiger partial charge on any atom is -0.350 e. The van der Waals surface area contributed by atoms with Crippen LogP contribution in [0.25, 0.3) is 0 Å². The van der Waals surface area contributed by atoms with Crippen LogP contribution in [0.5, 0.6) is 0 Å². The Morgan fingerprint density at radius 1 is 1.47 bits per heavy atom. The van der Waals surface area contributed by atoms with Gasteiger partial charge in [-0.15, -0.1) is 0 Å². The van der Waals surface area contributed by atoms with Crippen molar-refractivity contribution in [3.63, 3.8) is 0 Å². The summed E-state index contributed by atoms with van der Waals surface area (Å²) in [6.07, 6.45) is 4.88. The Labute approximate surface area is 115 Å². The summed E-state index contributed by atoms with van der Waals surface area (Å²) in [6, 6.07) is 2.90. The maximum Gasteiger partial charge on any atom is 0.159 e. The van der Waals surface area contributed by atoms with E-state index in [0.29, 0.717) is 25.3 Å². The van der Waals surface area contributed by atoms with E-state index < -0.39 is 0 Å². The fourth-order valence-electron chi connectivity index (χ4n) is 2.25. The molecule has 0 aliphatic carbocycles. The van der Waals surface area contributed by atoms with Crippen molar-refractivity contribution in [2.24, 2.45) is 0 Å².